The van der Waals surface area contributed by atoms with Crippen molar-refractivity contribution in [3.05, 3.63) is 53.9 Å². The van der Waals surface area contributed by atoms with Gasteiger partial charge >= 0.3 is 0 Å². The smallest absolute Gasteiger partial charge is 0.253 e. The minimum Gasteiger partial charge on any atom is -0.377 e. The first-order valence-electron chi connectivity index (χ1n) is 9.79. The van der Waals surface area contributed by atoms with E-state index in [-0.39, 0.29) is 11.8 Å². The number of unbranched alkanes of at least 4 members (excludes halogenated alkanes) is 3. The molecular formula is C22H30N4O2. The van der Waals surface area contributed by atoms with Gasteiger partial charge in [0.15, 0.2) is 0 Å². The summed E-state index contributed by atoms with van der Waals surface area (Å²) in [7, 11) is 3.78. The van der Waals surface area contributed by atoms with Crippen LogP contribution in [-0.4, -0.2) is 30.9 Å². The SMILES string of the molecule is CCCCCCC(=O)Nc1ccc(N(C)C)c(C(=O)NCc2cccnc2)c1. The molecule has 0 unspecified atom stereocenters. The van der Waals surface area contributed by atoms with Gasteiger partial charge in [-0.15, -0.1) is 0 Å². The fraction of sp³-hybridized carbons (Fsp3) is 0.409. The third-order valence-electron chi connectivity index (χ3n) is 4.44. The molecule has 0 radical (unpaired) electrons. The lowest BCUT2D eigenvalue weighted by atomic mass is 10.1. The van der Waals surface area contributed by atoms with Gasteiger partial charge in [-0.3, -0.25) is 14.6 Å². The van der Waals surface area contributed by atoms with Gasteiger partial charge in [-0.05, 0) is 36.2 Å². The molecule has 0 atom stereocenters. The van der Waals surface area contributed by atoms with E-state index in [1.807, 2.05) is 43.3 Å². The third kappa shape index (κ3) is 6.68. The summed E-state index contributed by atoms with van der Waals surface area (Å²) in [6.45, 7) is 2.54. The third-order valence-corrected chi connectivity index (χ3v) is 4.44. The highest BCUT2D eigenvalue weighted by molar-refractivity contribution is 6.02. The average Bonchev–Trinajstić information content (AvgIpc) is 2.70. The van der Waals surface area contributed by atoms with Crippen molar-refractivity contribution < 1.29 is 9.59 Å². The second-order valence-electron chi connectivity index (χ2n) is 7.03. The predicted molar refractivity (Wildman–Crippen MR) is 114 cm³/mol. The van der Waals surface area contributed by atoms with Gasteiger partial charge in [0.05, 0.1) is 5.56 Å². The van der Waals surface area contributed by atoms with Crippen molar-refractivity contribution in [2.75, 3.05) is 24.3 Å². The molecule has 2 N–H and O–H groups in total. The number of amides is 2. The molecule has 150 valence electrons. The summed E-state index contributed by atoms with van der Waals surface area (Å²) < 4.78 is 0. The number of rotatable bonds is 10. The Hall–Kier alpha value is -2.89. The maximum absolute atomic E-state index is 12.8. The molecule has 2 rings (SSSR count). The van der Waals surface area contributed by atoms with Crippen molar-refractivity contribution in [3.63, 3.8) is 0 Å². The number of hydrogen-bond donors (Lipinski definition) is 2. The van der Waals surface area contributed by atoms with Crippen LogP contribution < -0.4 is 15.5 Å². The molecule has 0 fully saturated rings. The number of benzene rings is 1. The van der Waals surface area contributed by atoms with Crippen LogP contribution in [-0.2, 0) is 11.3 Å². The van der Waals surface area contributed by atoms with E-state index < -0.39 is 0 Å². The van der Waals surface area contributed by atoms with E-state index in [0.29, 0.717) is 24.2 Å². The van der Waals surface area contributed by atoms with Crippen molar-refractivity contribution in [1.82, 2.24) is 10.3 Å². The predicted octanol–water partition coefficient (Wildman–Crippen LogP) is 3.99. The summed E-state index contributed by atoms with van der Waals surface area (Å²) in [4.78, 5) is 30.9. The molecule has 0 aliphatic rings. The summed E-state index contributed by atoms with van der Waals surface area (Å²) in [5.74, 6) is -0.206. The first kappa shape index (κ1) is 21.4. The van der Waals surface area contributed by atoms with E-state index in [2.05, 4.69) is 22.5 Å². The van der Waals surface area contributed by atoms with E-state index in [1.165, 1.54) is 0 Å². The van der Waals surface area contributed by atoms with E-state index in [0.717, 1.165) is 36.9 Å². The van der Waals surface area contributed by atoms with Crippen LogP contribution in [0.25, 0.3) is 0 Å². The topological polar surface area (TPSA) is 74.3 Å². The Morgan fingerprint density at radius 1 is 1.11 bits per heavy atom. The van der Waals surface area contributed by atoms with Crippen molar-refractivity contribution >= 4 is 23.2 Å². The Kier molecular flexibility index (Phi) is 8.46. The highest BCUT2D eigenvalue weighted by atomic mass is 16.2. The molecule has 0 bridgehead atoms. The first-order chi connectivity index (χ1) is 13.5. The zero-order chi connectivity index (χ0) is 20.4. The quantitative estimate of drug-likeness (QED) is 0.610. The second-order valence-corrected chi connectivity index (χ2v) is 7.03. The second kappa shape index (κ2) is 11.1. The Balaban J connectivity index is 2.05. The molecule has 6 heteroatoms. The summed E-state index contributed by atoms with van der Waals surface area (Å²) in [5, 5.41) is 5.83. The van der Waals surface area contributed by atoms with Crippen LogP contribution in [0.4, 0.5) is 11.4 Å². The monoisotopic (exact) mass is 382 g/mol. The summed E-state index contributed by atoms with van der Waals surface area (Å²) in [6.07, 6.45) is 8.15. The van der Waals surface area contributed by atoms with Gasteiger partial charge in [-0.2, -0.15) is 0 Å². The molecule has 1 heterocycles. The van der Waals surface area contributed by atoms with Crippen LogP contribution in [0.5, 0.6) is 0 Å². The van der Waals surface area contributed by atoms with E-state index in [9.17, 15) is 9.59 Å². The summed E-state index contributed by atoms with van der Waals surface area (Å²) in [5.41, 5.74) is 2.89. The lowest BCUT2D eigenvalue weighted by molar-refractivity contribution is -0.116. The minimum atomic E-state index is -0.188. The van der Waals surface area contributed by atoms with E-state index in [4.69, 9.17) is 0 Å². The van der Waals surface area contributed by atoms with Gasteiger partial charge in [0, 0.05) is 50.8 Å². The van der Waals surface area contributed by atoms with E-state index >= 15 is 0 Å². The minimum absolute atomic E-state index is 0.0181. The number of nitrogens with one attached hydrogen (secondary N) is 2. The number of nitrogens with zero attached hydrogens (tertiary/aromatic N) is 2. The summed E-state index contributed by atoms with van der Waals surface area (Å²) >= 11 is 0. The van der Waals surface area contributed by atoms with Crippen LogP contribution in [0.15, 0.2) is 42.7 Å². The lowest BCUT2D eigenvalue weighted by Crippen LogP contribution is -2.25. The highest BCUT2D eigenvalue weighted by Gasteiger charge is 2.15. The van der Waals surface area contributed by atoms with Gasteiger partial charge in [0.1, 0.15) is 0 Å². The number of pyridine rings is 1. The van der Waals surface area contributed by atoms with E-state index in [1.54, 1.807) is 18.5 Å². The number of anilines is 2. The molecule has 2 amide bonds. The number of hydrogen-bond acceptors (Lipinski definition) is 4. The van der Waals surface area contributed by atoms with Gasteiger partial charge < -0.3 is 15.5 Å². The molecule has 1 aromatic heterocycles. The Morgan fingerprint density at radius 3 is 2.61 bits per heavy atom. The normalized spacial score (nSPS) is 10.4. The maximum Gasteiger partial charge on any atom is 0.253 e. The molecule has 0 spiro atoms. The lowest BCUT2D eigenvalue weighted by Gasteiger charge is -2.18. The van der Waals surface area contributed by atoms with Crippen molar-refractivity contribution in [3.8, 4) is 0 Å². The number of carbonyl (C=O) groups is 2. The summed E-state index contributed by atoms with van der Waals surface area (Å²) in [6, 6.07) is 9.17. The van der Waals surface area contributed by atoms with Crippen LogP contribution in [0, 0.1) is 0 Å². The van der Waals surface area contributed by atoms with Crippen LogP contribution in [0.2, 0.25) is 0 Å². The molecular weight excluding hydrogens is 352 g/mol. The van der Waals surface area contributed by atoms with Crippen LogP contribution >= 0.6 is 0 Å². The van der Waals surface area contributed by atoms with Crippen molar-refractivity contribution in [2.45, 2.75) is 45.6 Å². The highest BCUT2D eigenvalue weighted by Crippen LogP contribution is 2.23. The van der Waals surface area contributed by atoms with Gasteiger partial charge in [0.2, 0.25) is 5.91 Å². The molecule has 0 saturated heterocycles. The zero-order valence-electron chi connectivity index (χ0n) is 17.0. The number of carbonyl (C=O) groups excluding carboxylic acids is 2. The van der Waals surface area contributed by atoms with Crippen LogP contribution in [0.3, 0.4) is 0 Å². The number of aromatic nitrogens is 1. The van der Waals surface area contributed by atoms with Gasteiger partial charge in [-0.25, -0.2) is 0 Å². The van der Waals surface area contributed by atoms with Crippen molar-refractivity contribution in [1.29, 1.82) is 0 Å². The van der Waals surface area contributed by atoms with Crippen molar-refractivity contribution in [2.24, 2.45) is 0 Å². The Bertz CT molecular complexity index is 775. The first-order valence-corrected chi connectivity index (χ1v) is 9.79. The largest absolute Gasteiger partial charge is 0.377 e. The standard InChI is InChI=1S/C22H30N4O2/c1-4-5-6-7-10-21(27)25-18-11-12-20(26(2)3)19(14-18)22(28)24-16-17-9-8-13-23-15-17/h8-9,11-15H,4-7,10,16H2,1-3H3,(H,24,28)(H,25,27). The average molecular weight is 383 g/mol. The molecule has 28 heavy (non-hydrogen) atoms. The fourth-order valence-corrected chi connectivity index (χ4v) is 2.90. The maximum atomic E-state index is 12.8. The Morgan fingerprint density at radius 2 is 1.93 bits per heavy atom. The van der Waals surface area contributed by atoms with Gasteiger partial charge in [-0.1, -0.05) is 32.3 Å². The zero-order valence-corrected chi connectivity index (χ0v) is 17.0. The molecule has 2 aromatic rings. The molecule has 0 saturated carbocycles. The van der Waals surface area contributed by atoms with Crippen LogP contribution in [0.1, 0.15) is 54.9 Å². The fourth-order valence-electron chi connectivity index (χ4n) is 2.90. The van der Waals surface area contributed by atoms with Gasteiger partial charge in [0.25, 0.3) is 5.91 Å². The molecule has 6 nitrogen and oxygen atoms in total. The Labute approximate surface area is 167 Å². The molecule has 0 aliphatic heterocycles. The molecule has 1 aromatic carbocycles. The molecule has 0 aliphatic carbocycles.